The molecule has 1 N–H and O–H groups in total. The molecule has 34 heavy (non-hydrogen) atoms. The molecule has 2 aromatic carbocycles. The van der Waals surface area contributed by atoms with Gasteiger partial charge in [0.25, 0.3) is 5.91 Å². The van der Waals surface area contributed by atoms with Crippen molar-refractivity contribution >= 4 is 35.1 Å². The summed E-state index contributed by atoms with van der Waals surface area (Å²) in [5.41, 5.74) is 1.51. The summed E-state index contributed by atoms with van der Waals surface area (Å²) in [7, 11) is 1.29. The topological polar surface area (TPSA) is 81.7 Å². The molecule has 1 saturated carbocycles. The number of hydrogen-bond acceptors (Lipinski definition) is 5. The first-order valence-electron chi connectivity index (χ1n) is 11.6. The molecule has 2 fully saturated rings. The van der Waals surface area contributed by atoms with Crippen molar-refractivity contribution in [3.63, 3.8) is 0 Å². The summed E-state index contributed by atoms with van der Waals surface area (Å²) in [6.45, 7) is 3.65. The number of esters is 2. The van der Waals surface area contributed by atoms with Crippen LogP contribution in [0.2, 0.25) is 5.02 Å². The fraction of sp³-hybridized carbons (Fsp3) is 0.423. The van der Waals surface area contributed by atoms with Crippen molar-refractivity contribution in [1.82, 2.24) is 0 Å². The van der Waals surface area contributed by atoms with E-state index >= 15 is 0 Å². The smallest absolute Gasteiger partial charge is 0.362 e. The monoisotopic (exact) mass is 485 g/mol. The molecule has 1 heterocycles. The highest BCUT2D eigenvalue weighted by atomic mass is 35.5. The quantitative estimate of drug-likeness (QED) is 0.446. The van der Waals surface area contributed by atoms with E-state index in [9.17, 15) is 14.4 Å². The lowest BCUT2D eigenvalue weighted by atomic mass is 10.1. The summed E-state index contributed by atoms with van der Waals surface area (Å²) in [5.74, 6) is -1.05. The highest BCUT2D eigenvalue weighted by molar-refractivity contribution is 6.31. The number of amides is 1. The fourth-order valence-corrected chi connectivity index (χ4v) is 5.43. The van der Waals surface area contributed by atoms with E-state index in [2.05, 4.69) is 5.32 Å². The Morgan fingerprint density at radius 1 is 1.09 bits per heavy atom. The molecule has 180 valence electrons. The number of carbonyl (C=O) groups excluding carboxylic acids is 3. The van der Waals surface area contributed by atoms with Crippen LogP contribution in [-0.2, 0) is 25.7 Å². The van der Waals surface area contributed by atoms with Crippen molar-refractivity contribution in [3.05, 3.63) is 64.2 Å². The van der Waals surface area contributed by atoms with Gasteiger partial charge < -0.3 is 19.3 Å². The first kappa shape index (κ1) is 24.2. The van der Waals surface area contributed by atoms with Crippen molar-refractivity contribution in [1.29, 1.82) is 0 Å². The van der Waals surface area contributed by atoms with E-state index in [-0.39, 0.29) is 30.6 Å². The maximum atomic E-state index is 13.7. The van der Waals surface area contributed by atoms with Gasteiger partial charge in [-0.3, -0.25) is 4.79 Å². The van der Waals surface area contributed by atoms with Crippen LogP contribution < -0.4 is 5.32 Å². The van der Waals surface area contributed by atoms with Gasteiger partial charge in [-0.05, 0) is 30.2 Å². The average Bonchev–Trinajstić information content (AvgIpc) is 3.53. The third kappa shape index (κ3) is 4.68. The van der Waals surface area contributed by atoms with E-state index in [1.165, 1.54) is 13.2 Å². The van der Waals surface area contributed by atoms with Crippen LogP contribution in [-0.4, -0.2) is 54.6 Å². The molecular weight excluding hydrogens is 456 g/mol. The van der Waals surface area contributed by atoms with Gasteiger partial charge in [0.2, 0.25) is 0 Å². The number of benzene rings is 2. The molecule has 1 aliphatic heterocycles. The third-order valence-electron chi connectivity index (χ3n) is 7.10. The summed E-state index contributed by atoms with van der Waals surface area (Å²) in [4.78, 5) is 38.9. The minimum absolute atomic E-state index is 0.156. The third-order valence-corrected chi connectivity index (χ3v) is 7.31. The molecule has 7 nitrogen and oxygen atoms in total. The SMILES string of the molecule is COC(=O)c1cc(Cl)cc(C)c1NC(=O)C1([N+]2(CC(=O)OCc3ccccc3)CCCC2)CC1. The van der Waals surface area contributed by atoms with E-state index in [1.807, 2.05) is 30.3 Å². The number of methoxy groups -OCH3 is 1. The van der Waals surface area contributed by atoms with Crippen LogP contribution in [0.15, 0.2) is 42.5 Å². The molecule has 8 heteroatoms. The Morgan fingerprint density at radius 2 is 1.76 bits per heavy atom. The zero-order chi connectivity index (χ0) is 24.3. The van der Waals surface area contributed by atoms with Gasteiger partial charge in [0.05, 0.1) is 31.5 Å². The van der Waals surface area contributed by atoms with E-state index < -0.39 is 11.5 Å². The predicted octanol–water partition coefficient (Wildman–Crippen LogP) is 4.26. The summed E-state index contributed by atoms with van der Waals surface area (Å²) >= 11 is 6.14. The van der Waals surface area contributed by atoms with Crippen molar-refractivity contribution in [2.45, 2.75) is 44.8 Å². The lowest BCUT2D eigenvalue weighted by Crippen LogP contribution is -2.62. The fourth-order valence-electron chi connectivity index (χ4n) is 5.15. The molecule has 0 atom stereocenters. The number of hydrogen-bond donors (Lipinski definition) is 1. The predicted molar refractivity (Wildman–Crippen MR) is 128 cm³/mol. The zero-order valence-electron chi connectivity index (χ0n) is 19.6. The molecule has 1 amide bonds. The number of nitrogens with one attached hydrogen (secondary N) is 1. The van der Waals surface area contributed by atoms with Gasteiger partial charge in [-0.15, -0.1) is 0 Å². The standard InChI is InChI=1S/C26H29ClN2O5/c1-18-14-20(27)15-21(24(31)33-2)23(18)28-25(32)26(10-11-26)29(12-6-7-13-29)16-22(30)34-17-19-8-4-3-5-9-19/h3-5,8-9,14-15H,6-7,10-13,16-17H2,1-2H3/p+1. The lowest BCUT2D eigenvalue weighted by molar-refractivity contribution is -0.934. The van der Waals surface area contributed by atoms with Crippen LogP contribution in [0.25, 0.3) is 0 Å². The molecule has 0 bridgehead atoms. The first-order chi connectivity index (χ1) is 16.3. The maximum Gasteiger partial charge on any atom is 0.362 e. The summed E-state index contributed by atoms with van der Waals surface area (Å²) in [5, 5.41) is 3.38. The van der Waals surface area contributed by atoms with Crippen LogP contribution in [0.4, 0.5) is 5.69 Å². The van der Waals surface area contributed by atoms with E-state index in [0.717, 1.165) is 31.5 Å². The molecule has 0 spiro atoms. The molecule has 0 unspecified atom stereocenters. The molecule has 1 saturated heterocycles. The number of aryl methyl sites for hydroxylation is 1. The Kier molecular flexibility index (Phi) is 6.96. The van der Waals surface area contributed by atoms with Gasteiger partial charge in [-0.1, -0.05) is 41.9 Å². The number of rotatable bonds is 8. The van der Waals surface area contributed by atoms with Gasteiger partial charge in [0.1, 0.15) is 6.61 Å². The Balaban J connectivity index is 1.53. The van der Waals surface area contributed by atoms with E-state index in [0.29, 0.717) is 33.6 Å². The van der Waals surface area contributed by atoms with Crippen LogP contribution in [0, 0.1) is 6.92 Å². The second-order valence-electron chi connectivity index (χ2n) is 9.23. The highest BCUT2D eigenvalue weighted by Crippen LogP contribution is 2.50. The minimum atomic E-state index is -0.707. The number of anilines is 1. The number of ether oxygens (including phenoxy) is 2. The Hall–Kier alpha value is -2.90. The van der Waals surface area contributed by atoms with Gasteiger partial charge >= 0.3 is 11.9 Å². The molecule has 0 radical (unpaired) electrons. The summed E-state index contributed by atoms with van der Waals surface area (Å²) < 4.78 is 10.9. The number of quaternary nitrogens is 1. The van der Waals surface area contributed by atoms with Crippen LogP contribution >= 0.6 is 11.6 Å². The van der Waals surface area contributed by atoms with Crippen molar-refractivity contribution in [2.24, 2.45) is 0 Å². The number of carbonyl (C=O) groups is 3. The summed E-state index contributed by atoms with van der Waals surface area (Å²) in [6, 6.07) is 12.7. The van der Waals surface area contributed by atoms with Gasteiger partial charge in [-0.2, -0.15) is 0 Å². The molecule has 2 aromatic rings. The second-order valence-corrected chi connectivity index (χ2v) is 9.66. The van der Waals surface area contributed by atoms with Crippen molar-refractivity contribution < 1.29 is 28.3 Å². The number of nitrogens with zero attached hydrogens (tertiary/aromatic N) is 1. The Labute approximate surface area is 204 Å². The summed E-state index contributed by atoms with van der Waals surface area (Å²) in [6.07, 6.45) is 3.28. The molecule has 1 aliphatic carbocycles. The van der Waals surface area contributed by atoms with Gasteiger partial charge in [0.15, 0.2) is 12.1 Å². The van der Waals surface area contributed by atoms with Crippen molar-refractivity contribution in [2.75, 3.05) is 32.1 Å². The van der Waals surface area contributed by atoms with Crippen LogP contribution in [0.3, 0.4) is 0 Å². The van der Waals surface area contributed by atoms with Gasteiger partial charge in [-0.25, -0.2) is 9.59 Å². The Morgan fingerprint density at radius 3 is 2.38 bits per heavy atom. The Bertz CT molecular complexity index is 1090. The maximum absolute atomic E-state index is 13.7. The van der Waals surface area contributed by atoms with E-state index in [4.69, 9.17) is 21.1 Å². The van der Waals surface area contributed by atoms with Crippen LogP contribution in [0.1, 0.15) is 47.2 Å². The number of likely N-dealkylation sites (tertiary alicyclic amines) is 1. The number of halogens is 1. The zero-order valence-corrected chi connectivity index (χ0v) is 20.3. The molecule has 4 rings (SSSR count). The molecular formula is C26H30ClN2O5+. The minimum Gasteiger partial charge on any atom is -0.465 e. The van der Waals surface area contributed by atoms with E-state index in [1.54, 1.807) is 13.0 Å². The van der Waals surface area contributed by atoms with Gasteiger partial charge in [0, 0.05) is 30.7 Å². The molecule has 2 aliphatic rings. The van der Waals surface area contributed by atoms with Crippen LogP contribution in [0.5, 0.6) is 0 Å². The average molecular weight is 486 g/mol. The first-order valence-corrected chi connectivity index (χ1v) is 11.9. The largest absolute Gasteiger partial charge is 0.465 e. The second kappa shape index (κ2) is 9.76. The molecule has 0 aromatic heterocycles. The lowest BCUT2D eigenvalue weighted by Gasteiger charge is -2.40. The normalized spacial score (nSPS) is 17.6. The highest BCUT2D eigenvalue weighted by Gasteiger charge is 2.67. The van der Waals surface area contributed by atoms with Crippen molar-refractivity contribution in [3.8, 4) is 0 Å².